The van der Waals surface area contributed by atoms with Gasteiger partial charge in [0, 0.05) is 13.1 Å². The zero-order chi connectivity index (χ0) is 12.4. The normalized spacial score (nSPS) is 15.3. The number of hydrogen-bond donors (Lipinski definition) is 1. The third-order valence-electron chi connectivity index (χ3n) is 3.21. The number of carbonyl (C=O) groups is 1. The molecule has 3 nitrogen and oxygen atoms in total. The van der Waals surface area contributed by atoms with E-state index in [2.05, 4.69) is 0 Å². The second-order valence-corrected chi connectivity index (χ2v) is 4.98. The molecular weight excluding hydrogens is 236 g/mol. The Hall–Kier alpha value is -1.22. The molecule has 0 aromatic heterocycles. The lowest BCUT2D eigenvalue weighted by molar-refractivity contribution is -0.129. The predicted octanol–water partition coefficient (Wildman–Crippen LogP) is 2.40. The molecule has 0 saturated carbocycles. The third kappa shape index (κ3) is 2.72. The Bertz CT molecular complexity index is 416. The smallest absolute Gasteiger partial charge is 0.226 e. The van der Waals surface area contributed by atoms with Crippen LogP contribution in [0.4, 0.5) is 5.69 Å². The summed E-state index contributed by atoms with van der Waals surface area (Å²) in [7, 11) is 0. The van der Waals surface area contributed by atoms with E-state index in [0.717, 1.165) is 37.1 Å². The van der Waals surface area contributed by atoms with Gasteiger partial charge in [-0.05, 0) is 37.0 Å². The first-order valence-corrected chi connectivity index (χ1v) is 6.28. The van der Waals surface area contributed by atoms with Crippen LogP contribution in [0.15, 0.2) is 12.1 Å². The summed E-state index contributed by atoms with van der Waals surface area (Å²) in [5.41, 5.74) is 8.25. The summed E-state index contributed by atoms with van der Waals surface area (Å²) in [5.74, 6) is 0.183. The van der Waals surface area contributed by atoms with Crippen molar-refractivity contribution in [3.63, 3.8) is 0 Å². The quantitative estimate of drug-likeness (QED) is 0.822. The van der Waals surface area contributed by atoms with Crippen molar-refractivity contribution >= 4 is 23.2 Å². The van der Waals surface area contributed by atoms with Crippen molar-refractivity contribution in [3.05, 3.63) is 28.3 Å². The number of aryl methyl sites for hydroxylation is 1. The maximum Gasteiger partial charge on any atom is 0.226 e. The Labute approximate surface area is 107 Å². The van der Waals surface area contributed by atoms with Crippen LogP contribution in [-0.2, 0) is 11.2 Å². The first-order valence-electron chi connectivity index (χ1n) is 5.90. The molecular formula is C13H17ClN2O. The standard InChI is InChI=1S/C13H17ClN2O/c1-9-6-10(7-11(14)13(9)15)8-12(17)16-4-2-3-5-16/h6-7H,2-5,8,15H2,1H3. The van der Waals surface area contributed by atoms with E-state index in [1.165, 1.54) is 0 Å². The highest BCUT2D eigenvalue weighted by molar-refractivity contribution is 6.33. The molecule has 17 heavy (non-hydrogen) atoms. The number of rotatable bonds is 2. The van der Waals surface area contributed by atoms with Gasteiger partial charge >= 0.3 is 0 Å². The molecule has 1 heterocycles. The molecule has 0 spiro atoms. The maximum absolute atomic E-state index is 12.0. The number of carbonyl (C=O) groups excluding carboxylic acids is 1. The Morgan fingerprint density at radius 2 is 2.06 bits per heavy atom. The van der Waals surface area contributed by atoms with Crippen LogP contribution < -0.4 is 5.73 Å². The average molecular weight is 253 g/mol. The van der Waals surface area contributed by atoms with E-state index >= 15 is 0 Å². The van der Waals surface area contributed by atoms with Crippen molar-refractivity contribution < 1.29 is 4.79 Å². The van der Waals surface area contributed by atoms with Gasteiger partial charge in [0.15, 0.2) is 0 Å². The zero-order valence-electron chi connectivity index (χ0n) is 10.0. The van der Waals surface area contributed by atoms with Gasteiger partial charge in [-0.1, -0.05) is 17.7 Å². The molecule has 0 radical (unpaired) electrons. The number of nitrogen functional groups attached to an aromatic ring is 1. The Balaban J connectivity index is 2.10. The van der Waals surface area contributed by atoms with Gasteiger partial charge in [0.2, 0.25) is 5.91 Å². The number of nitrogens with zero attached hydrogens (tertiary/aromatic N) is 1. The minimum absolute atomic E-state index is 0.183. The van der Waals surface area contributed by atoms with Crippen molar-refractivity contribution in [1.29, 1.82) is 0 Å². The van der Waals surface area contributed by atoms with Crippen LogP contribution in [0.1, 0.15) is 24.0 Å². The first kappa shape index (κ1) is 12.2. The lowest BCUT2D eigenvalue weighted by Crippen LogP contribution is -2.29. The third-order valence-corrected chi connectivity index (χ3v) is 3.52. The molecule has 2 rings (SSSR count). The van der Waals surface area contributed by atoms with E-state index in [9.17, 15) is 4.79 Å². The molecule has 0 aliphatic carbocycles. The monoisotopic (exact) mass is 252 g/mol. The van der Waals surface area contributed by atoms with E-state index in [1.807, 2.05) is 17.9 Å². The number of likely N-dealkylation sites (tertiary alicyclic amines) is 1. The molecule has 1 aromatic rings. The van der Waals surface area contributed by atoms with E-state index in [4.69, 9.17) is 17.3 Å². The topological polar surface area (TPSA) is 46.3 Å². The minimum atomic E-state index is 0.183. The molecule has 1 aliphatic heterocycles. The van der Waals surface area contributed by atoms with Crippen LogP contribution in [0.3, 0.4) is 0 Å². The Morgan fingerprint density at radius 3 is 2.65 bits per heavy atom. The van der Waals surface area contributed by atoms with Gasteiger partial charge in [0.05, 0.1) is 17.1 Å². The molecule has 0 unspecified atom stereocenters. The highest BCUT2D eigenvalue weighted by atomic mass is 35.5. The first-order chi connectivity index (χ1) is 8.08. The molecule has 1 saturated heterocycles. The van der Waals surface area contributed by atoms with Crippen molar-refractivity contribution in [2.45, 2.75) is 26.2 Å². The summed E-state index contributed by atoms with van der Waals surface area (Å²) in [6, 6.07) is 3.73. The molecule has 1 aromatic carbocycles. The fraction of sp³-hybridized carbons (Fsp3) is 0.462. The lowest BCUT2D eigenvalue weighted by atomic mass is 10.1. The Kier molecular flexibility index (Phi) is 3.57. The fourth-order valence-electron chi connectivity index (χ4n) is 2.18. The van der Waals surface area contributed by atoms with E-state index < -0.39 is 0 Å². The van der Waals surface area contributed by atoms with Gasteiger partial charge in [0.25, 0.3) is 0 Å². The highest BCUT2D eigenvalue weighted by Crippen LogP contribution is 2.25. The molecule has 2 N–H and O–H groups in total. The van der Waals surface area contributed by atoms with Gasteiger partial charge in [-0.25, -0.2) is 0 Å². The molecule has 0 bridgehead atoms. The molecule has 4 heteroatoms. The average Bonchev–Trinajstić information content (AvgIpc) is 2.79. The van der Waals surface area contributed by atoms with Gasteiger partial charge in [0.1, 0.15) is 0 Å². The maximum atomic E-state index is 12.0. The van der Waals surface area contributed by atoms with E-state index in [-0.39, 0.29) is 5.91 Å². The number of halogens is 1. The van der Waals surface area contributed by atoms with Crippen LogP contribution in [-0.4, -0.2) is 23.9 Å². The summed E-state index contributed by atoms with van der Waals surface area (Å²) in [6.45, 7) is 3.69. The van der Waals surface area contributed by atoms with Crippen LogP contribution >= 0.6 is 11.6 Å². The minimum Gasteiger partial charge on any atom is -0.397 e. The molecule has 1 aliphatic rings. The number of amides is 1. The Morgan fingerprint density at radius 1 is 1.41 bits per heavy atom. The summed E-state index contributed by atoms with van der Waals surface area (Å²) >= 11 is 6.01. The van der Waals surface area contributed by atoms with Crippen LogP contribution in [0, 0.1) is 6.92 Å². The van der Waals surface area contributed by atoms with Crippen LogP contribution in [0.2, 0.25) is 5.02 Å². The number of nitrogens with two attached hydrogens (primary N) is 1. The highest BCUT2D eigenvalue weighted by Gasteiger charge is 2.18. The van der Waals surface area contributed by atoms with Gasteiger partial charge < -0.3 is 10.6 Å². The van der Waals surface area contributed by atoms with Crippen LogP contribution in [0.5, 0.6) is 0 Å². The van der Waals surface area contributed by atoms with Crippen LogP contribution in [0.25, 0.3) is 0 Å². The molecule has 1 amide bonds. The number of anilines is 1. The number of hydrogen-bond acceptors (Lipinski definition) is 2. The second-order valence-electron chi connectivity index (χ2n) is 4.57. The predicted molar refractivity (Wildman–Crippen MR) is 70.1 cm³/mol. The molecule has 1 fully saturated rings. The lowest BCUT2D eigenvalue weighted by Gasteiger charge is -2.15. The second kappa shape index (κ2) is 4.96. The largest absolute Gasteiger partial charge is 0.397 e. The summed E-state index contributed by atoms with van der Waals surface area (Å²) in [5, 5.41) is 0.536. The molecule has 0 atom stereocenters. The van der Waals surface area contributed by atoms with E-state index in [0.29, 0.717) is 17.1 Å². The van der Waals surface area contributed by atoms with Crippen molar-refractivity contribution in [3.8, 4) is 0 Å². The summed E-state index contributed by atoms with van der Waals surface area (Å²) in [4.78, 5) is 13.9. The SMILES string of the molecule is Cc1cc(CC(=O)N2CCCC2)cc(Cl)c1N. The van der Waals surface area contributed by atoms with Crippen molar-refractivity contribution in [2.75, 3.05) is 18.8 Å². The number of benzene rings is 1. The summed E-state index contributed by atoms with van der Waals surface area (Å²) in [6.07, 6.45) is 2.65. The van der Waals surface area contributed by atoms with Crippen molar-refractivity contribution in [1.82, 2.24) is 4.90 Å². The van der Waals surface area contributed by atoms with Gasteiger partial charge in [-0.2, -0.15) is 0 Å². The van der Waals surface area contributed by atoms with Crippen molar-refractivity contribution in [2.24, 2.45) is 0 Å². The van der Waals surface area contributed by atoms with Gasteiger partial charge in [-0.3, -0.25) is 4.79 Å². The summed E-state index contributed by atoms with van der Waals surface area (Å²) < 4.78 is 0. The van der Waals surface area contributed by atoms with E-state index in [1.54, 1.807) is 6.07 Å². The fourth-order valence-corrected chi connectivity index (χ4v) is 2.47. The molecule has 92 valence electrons. The van der Waals surface area contributed by atoms with Gasteiger partial charge in [-0.15, -0.1) is 0 Å². The zero-order valence-corrected chi connectivity index (χ0v) is 10.8.